The maximum absolute atomic E-state index is 13.3. The van der Waals surface area contributed by atoms with Gasteiger partial charge in [-0.2, -0.15) is 4.72 Å². The molecule has 0 aromatic rings. The number of carbonyl (C=O) groups is 4. The Kier molecular flexibility index (Phi) is 8.18. The Balaban J connectivity index is 1.84. The fourth-order valence-electron chi connectivity index (χ4n) is 4.50. The topological polar surface area (TPSA) is 154 Å². The Morgan fingerprint density at radius 1 is 1.24 bits per heavy atom. The van der Waals surface area contributed by atoms with E-state index in [1.54, 1.807) is 20.8 Å². The van der Waals surface area contributed by atoms with Crippen LogP contribution >= 0.6 is 0 Å². The van der Waals surface area contributed by atoms with Gasteiger partial charge in [0.05, 0.1) is 11.4 Å². The van der Waals surface area contributed by atoms with Crippen LogP contribution in [0.2, 0.25) is 0 Å². The van der Waals surface area contributed by atoms with Crippen LogP contribution in [0.4, 0.5) is 4.79 Å². The molecule has 11 heteroatoms. The third-order valence-corrected chi connectivity index (χ3v) is 8.07. The first kappa shape index (κ1) is 26.3. The zero-order valence-electron chi connectivity index (χ0n) is 20.1. The summed E-state index contributed by atoms with van der Waals surface area (Å²) in [5, 5.41) is 2.88. The fraction of sp³-hybridized carbons (Fsp3) is 0.739. The van der Waals surface area contributed by atoms with Crippen LogP contribution in [0.25, 0.3) is 0 Å². The summed E-state index contributed by atoms with van der Waals surface area (Å²) in [7, 11) is 0. The lowest BCUT2D eigenvalue weighted by molar-refractivity contribution is -0.146. The summed E-state index contributed by atoms with van der Waals surface area (Å²) >= 11 is -1.63. The summed E-state index contributed by atoms with van der Waals surface area (Å²) < 4.78 is 19.6. The molecule has 0 bridgehead atoms. The Bertz CT molecular complexity index is 844. The SMILES string of the molecule is CC(C)(C)[S+]([O-])NC(=O)[C@]12CC1/C=C/CCCCCC(OC(N)=O)C(=O)N1CCCC1C(=O)N2. The molecule has 4 N–H and O–H groups in total. The molecule has 2 heterocycles. The molecule has 10 nitrogen and oxygen atoms in total. The number of carbonyl (C=O) groups excluding carboxylic acids is 4. The lowest BCUT2D eigenvalue weighted by Crippen LogP contribution is -2.58. The molecule has 5 atom stereocenters. The predicted octanol–water partition coefficient (Wildman–Crippen LogP) is 1.41. The largest absolute Gasteiger partial charge is 0.593 e. The van der Waals surface area contributed by atoms with E-state index in [0.29, 0.717) is 38.6 Å². The van der Waals surface area contributed by atoms with Gasteiger partial charge in [-0.1, -0.05) is 18.6 Å². The monoisotopic (exact) mass is 496 g/mol. The van der Waals surface area contributed by atoms with E-state index in [1.165, 1.54) is 4.90 Å². The van der Waals surface area contributed by atoms with E-state index >= 15 is 0 Å². The van der Waals surface area contributed by atoms with Crippen LogP contribution in [0.3, 0.4) is 0 Å². The number of nitrogens with one attached hydrogen (secondary N) is 2. The highest BCUT2D eigenvalue weighted by Crippen LogP contribution is 2.45. The molecule has 1 saturated heterocycles. The summed E-state index contributed by atoms with van der Waals surface area (Å²) in [6.45, 7) is 5.62. The van der Waals surface area contributed by atoms with Gasteiger partial charge in [0.2, 0.25) is 5.91 Å². The number of nitrogens with zero attached hydrogens (tertiary/aromatic N) is 1. The number of nitrogens with two attached hydrogens (primary N) is 1. The molecule has 34 heavy (non-hydrogen) atoms. The molecule has 4 unspecified atom stereocenters. The van der Waals surface area contributed by atoms with Crippen molar-refractivity contribution >= 4 is 35.2 Å². The van der Waals surface area contributed by atoms with Crippen LogP contribution in [-0.2, 0) is 30.5 Å². The number of allylic oxidation sites excluding steroid dienone is 1. The number of hydrogen-bond donors (Lipinski definition) is 3. The molecule has 0 aromatic heterocycles. The van der Waals surface area contributed by atoms with Crippen LogP contribution in [0.5, 0.6) is 0 Å². The molecular weight excluding hydrogens is 460 g/mol. The van der Waals surface area contributed by atoms with Crippen molar-refractivity contribution < 1.29 is 28.5 Å². The first-order valence-electron chi connectivity index (χ1n) is 11.9. The van der Waals surface area contributed by atoms with E-state index in [0.717, 1.165) is 19.3 Å². The van der Waals surface area contributed by atoms with Crippen LogP contribution in [-0.4, -0.2) is 62.2 Å². The van der Waals surface area contributed by atoms with Crippen molar-refractivity contribution in [2.75, 3.05) is 6.54 Å². The van der Waals surface area contributed by atoms with E-state index in [1.807, 2.05) is 12.2 Å². The van der Waals surface area contributed by atoms with Gasteiger partial charge in [0.25, 0.3) is 11.8 Å². The number of ether oxygens (including phenoxy) is 1. The highest BCUT2D eigenvalue weighted by atomic mass is 32.2. The first-order chi connectivity index (χ1) is 16.0. The van der Waals surface area contributed by atoms with Crippen molar-refractivity contribution in [3.8, 4) is 0 Å². The van der Waals surface area contributed by atoms with Gasteiger partial charge in [0, 0.05) is 12.5 Å². The second kappa shape index (κ2) is 10.6. The van der Waals surface area contributed by atoms with Crippen molar-refractivity contribution in [1.29, 1.82) is 0 Å². The lowest BCUT2D eigenvalue weighted by Gasteiger charge is -2.30. The fourth-order valence-corrected chi connectivity index (χ4v) is 5.16. The van der Waals surface area contributed by atoms with Crippen LogP contribution < -0.4 is 15.8 Å². The average molecular weight is 497 g/mol. The zero-order chi connectivity index (χ0) is 25.1. The number of amides is 4. The Hall–Kier alpha value is -2.27. The molecule has 3 rings (SSSR count). The average Bonchev–Trinajstić information content (AvgIpc) is 3.21. The minimum atomic E-state index is -1.63. The molecule has 2 aliphatic heterocycles. The summed E-state index contributed by atoms with van der Waals surface area (Å²) in [4.78, 5) is 52.5. The molecule has 4 amide bonds. The normalized spacial score (nSPS) is 32.2. The minimum absolute atomic E-state index is 0.213. The van der Waals surface area contributed by atoms with Gasteiger partial charge in [-0.3, -0.25) is 14.4 Å². The highest BCUT2D eigenvalue weighted by molar-refractivity contribution is 7.91. The smallest absolute Gasteiger partial charge is 0.405 e. The van der Waals surface area contributed by atoms with Crippen molar-refractivity contribution in [3.63, 3.8) is 0 Å². The van der Waals surface area contributed by atoms with Gasteiger partial charge < -0.3 is 25.2 Å². The van der Waals surface area contributed by atoms with Crippen molar-refractivity contribution in [2.24, 2.45) is 11.7 Å². The predicted molar refractivity (Wildman–Crippen MR) is 126 cm³/mol. The van der Waals surface area contributed by atoms with Gasteiger partial charge in [-0.25, -0.2) is 4.79 Å². The van der Waals surface area contributed by atoms with E-state index < -0.39 is 57.6 Å². The van der Waals surface area contributed by atoms with E-state index in [2.05, 4.69) is 10.0 Å². The van der Waals surface area contributed by atoms with Crippen LogP contribution in [0.15, 0.2) is 12.2 Å². The number of rotatable bonds is 3. The van der Waals surface area contributed by atoms with Crippen LogP contribution in [0, 0.1) is 5.92 Å². The van der Waals surface area contributed by atoms with Crippen molar-refractivity contribution in [3.05, 3.63) is 12.2 Å². The number of primary amides is 1. The molecule has 2 fully saturated rings. The van der Waals surface area contributed by atoms with Crippen LogP contribution in [0.1, 0.15) is 72.1 Å². The summed E-state index contributed by atoms with van der Waals surface area (Å²) in [6, 6.07) is -0.778. The van der Waals surface area contributed by atoms with Gasteiger partial charge in [0.1, 0.15) is 16.3 Å². The standard InChI is InChI=1S/C23H36N4O6S/c1-22(2,3)34(32)26-20(30)23-14-15(23)10-7-5-4-6-8-12-17(33-21(24)31)19(29)27-13-9-11-16(27)18(28)25-23/h7,10,15-17H,4-6,8-9,11-14H2,1-3H3,(H2,24,31)(H,25,28)(H,26,30)/b10-7+/t15?,16?,17?,23-,34?/m0/s1. The quantitative estimate of drug-likeness (QED) is 0.397. The van der Waals surface area contributed by atoms with Gasteiger partial charge in [-0.05, 0) is 65.7 Å². The molecule has 0 radical (unpaired) electrons. The summed E-state index contributed by atoms with van der Waals surface area (Å²) in [5.41, 5.74) is 3.99. The third kappa shape index (κ3) is 6.04. The molecule has 1 saturated carbocycles. The van der Waals surface area contributed by atoms with Crippen molar-refractivity contribution in [1.82, 2.24) is 14.9 Å². The third-order valence-electron chi connectivity index (χ3n) is 6.59. The van der Waals surface area contributed by atoms with E-state index in [4.69, 9.17) is 10.5 Å². The molecule has 0 aromatic carbocycles. The van der Waals surface area contributed by atoms with Gasteiger partial charge >= 0.3 is 6.09 Å². The number of hydrogen-bond acceptors (Lipinski definition) is 6. The second-order valence-corrected chi connectivity index (χ2v) is 12.2. The molecule has 0 spiro atoms. The molecule has 3 aliphatic rings. The Morgan fingerprint density at radius 3 is 2.65 bits per heavy atom. The lowest BCUT2D eigenvalue weighted by atomic mass is 10.1. The summed E-state index contributed by atoms with van der Waals surface area (Å²) in [6.07, 6.45) is 6.82. The number of fused-ring (bicyclic) bond motifs is 2. The Morgan fingerprint density at radius 2 is 1.97 bits per heavy atom. The summed E-state index contributed by atoms with van der Waals surface area (Å²) in [5.74, 6) is -1.58. The van der Waals surface area contributed by atoms with Crippen molar-refractivity contribution in [2.45, 2.75) is 94.6 Å². The van der Waals surface area contributed by atoms with Gasteiger partial charge in [0.15, 0.2) is 6.10 Å². The maximum atomic E-state index is 13.3. The van der Waals surface area contributed by atoms with Gasteiger partial charge in [-0.15, -0.1) is 0 Å². The van der Waals surface area contributed by atoms with E-state index in [9.17, 15) is 23.7 Å². The Labute approximate surface area is 203 Å². The minimum Gasteiger partial charge on any atom is -0.593 e. The zero-order valence-corrected chi connectivity index (χ0v) is 20.9. The second-order valence-electron chi connectivity index (χ2n) is 10.3. The molecule has 190 valence electrons. The maximum Gasteiger partial charge on any atom is 0.405 e. The highest BCUT2D eigenvalue weighted by Gasteiger charge is 2.62. The first-order valence-corrected chi connectivity index (χ1v) is 13.1. The molecule has 1 aliphatic carbocycles. The van der Waals surface area contributed by atoms with E-state index in [-0.39, 0.29) is 5.92 Å². The molecular formula is C23H36N4O6S.